The molecule has 138 valence electrons. The van der Waals surface area contributed by atoms with Crippen molar-refractivity contribution in [3.8, 4) is 5.75 Å². The van der Waals surface area contributed by atoms with Crippen LogP contribution in [-0.4, -0.2) is 27.4 Å². The predicted octanol–water partition coefficient (Wildman–Crippen LogP) is 4.47. The van der Waals surface area contributed by atoms with Gasteiger partial charge < -0.3 is 14.4 Å². The van der Waals surface area contributed by atoms with Gasteiger partial charge in [0, 0.05) is 5.92 Å². The van der Waals surface area contributed by atoms with Gasteiger partial charge in [0.15, 0.2) is 0 Å². The van der Waals surface area contributed by atoms with Crippen molar-refractivity contribution in [1.82, 2.24) is 9.55 Å². The van der Waals surface area contributed by atoms with Crippen LogP contribution in [0, 0.1) is 6.92 Å². The van der Waals surface area contributed by atoms with Gasteiger partial charge in [-0.1, -0.05) is 30.7 Å². The molecule has 3 aromatic rings. The lowest BCUT2D eigenvalue weighted by Crippen LogP contribution is -2.26. The smallest absolute Gasteiger partial charge is 0.119 e. The lowest BCUT2D eigenvalue weighted by molar-refractivity contribution is 0.0919. The highest BCUT2D eigenvalue weighted by atomic mass is 35.5. The van der Waals surface area contributed by atoms with E-state index < -0.39 is 6.10 Å². The van der Waals surface area contributed by atoms with E-state index in [0.29, 0.717) is 12.5 Å². The van der Waals surface area contributed by atoms with Crippen molar-refractivity contribution >= 4 is 23.4 Å². The lowest BCUT2D eigenvalue weighted by Gasteiger charge is -2.26. The third-order valence-electron chi connectivity index (χ3n) is 4.98. The maximum atomic E-state index is 10.5. The average Bonchev–Trinajstić information content (AvgIpc) is 2.90. The minimum atomic E-state index is -0.572. The van der Waals surface area contributed by atoms with Crippen molar-refractivity contribution in [3.05, 3.63) is 59.9 Å². The van der Waals surface area contributed by atoms with Gasteiger partial charge in [-0.25, -0.2) is 4.98 Å². The minimum absolute atomic E-state index is 0. The molecule has 26 heavy (non-hydrogen) atoms. The van der Waals surface area contributed by atoms with Crippen LogP contribution < -0.4 is 4.74 Å². The molecule has 4 rings (SSSR count). The second-order valence-corrected chi connectivity index (χ2v) is 6.98. The fraction of sp³-hybridized carbons (Fsp3) is 0.381. The number of hydrogen-bond donors (Lipinski definition) is 1. The zero-order valence-corrected chi connectivity index (χ0v) is 15.8. The van der Waals surface area contributed by atoms with Gasteiger partial charge in [0.2, 0.25) is 0 Å². The fourth-order valence-corrected chi connectivity index (χ4v) is 3.43. The zero-order valence-electron chi connectivity index (χ0n) is 15.0. The molecule has 0 amide bonds. The van der Waals surface area contributed by atoms with Crippen LogP contribution in [0.1, 0.15) is 36.6 Å². The Balaban J connectivity index is 0.00000196. The Labute approximate surface area is 160 Å². The molecule has 1 aliphatic carbocycles. The lowest BCUT2D eigenvalue weighted by atomic mass is 9.85. The van der Waals surface area contributed by atoms with Gasteiger partial charge >= 0.3 is 0 Å². The van der Waals surface area contributed by atoms with E-state index in [1.807, 2.05) is 49.4 Å². The third kappa shape index (κ3) is 3.87. The Kier molecular flexibility index (Phi) is 5.84. The highest BCUT2D eigenvalue weighted by molar-refractivity contribution is 5.85. The third-order valence-corrected chi connectivity index (χ3v) is 4.98. The van der Waals surface area contributed by atoms with E-state index in [2.05, 4.69) is 10.6 Å². The largest absolute Gasteiger partial charge is 0.491 e. The number of fused-ring (bicyclic) bond motifs is 1. The van der Waals surface area contributed by atoms with Crippen LogP contribution in [0.3, 0.4) is 0 Å². The molecule has 0 radical (unpaired) electrons. The van der Waals surface area contributed by atoms with Crippen molar-refractivity contribution in [2.24, 2.45) is 0 Å². The van der Waals surface area contributed by atoms with Crippen LogP contribution in [0.5, 0.6) is 5.75 Å². The van der Waals surface area contributed by atoms with E-state index >= 15 is 0 Å². The molecule has 4 nitrogen and oxygen atoms in total. The summed E-state index contributed by atoms with van der Waals surface area (Å²) in [5.41, 5.74) is 3.26. The molecule has 5 heteroatoms. The van der Waals surface area contributed by atoms with E-state index in [9.17, 15) is 5.11 Å². The van der Waals surface area contributed by atoms with Crippen molar-refractivity contribution in [2.45, 2.75) is 44.8 Å². The number of ether oxygens (including phenoxy) is 1. The highest BCUT2D eigenvalue weighted by Gasteiger charge is 2.26. The Morgan fingerprint density at radius 1 is 1.19 bits per heavy atom. The number of para-hydroxylation sites is 2. The molecule has 0 aliphatic heterocycles. The highest BCUT2D eigenvalue weighted by Crippen LogP contribution is 2.37. The Hall–Kier alpha value is -2.04. The maximum Gasteiger partial charge on any atom is 0.119 e. The number of aliphatic hydroxyl groups excluding tert-OH is 1. The Morgan fingerprint density at radius 2 is 2.00 bits per heavy atom. The van der Waals surface area contributed by atoms with Crippen LogP contribution >= 0.6 is 12.4 Å². The van der Waals surface area contributed by atoms with Crippen molar-refractivity contribution < 1.29 is 9.84 Å². The van der Waals surface area contributed by atoms with Crippen LogP contribution in [0.2, 0.25) is 0 Å². The summed E-state index contributed by atoms with van der Waals surface area (Å²) in [6.45, 7) is 2.82. The maximum absolute atomic E-state index is 10.5. The summed E-state index contributed by atoms with van der Waals surface area (Å²) in [6, 6.07) is 16.1. The quantitative estimate of drug-likeness (QED) is 0.694. The molecule has 1 atom stereocenters. The topological polar surface area (TPSA) is 47.3 Å². The molecule has 2 aromatic carbocycles. The van der Waals surface area contributed by atoms with E-state index in [0.717, 1.165) is 28.2 Å². The van der Waals surface area contributed by atoms with E-state index in [4.69, 9.17) is 9.72 Å². The summed E-state index contributed by atoms with van der Waals surface area (Å²) in [4.78, 5) is 4.83. The molecule has 0 bridgehead atoms. The summed E-state index contributed by atoms with van der Waals surface area (Å²) in [5, 5.41) is 10.5. The number of rotatable bonds is 6. The fourth-order valence-electron chi connectivity index (χ4n) is 3.43. The molecule has 1 fully saturated rings. The molecule has 0 saturated heterocycles. The van der Waals surface area contributed by atoms with Gasteiger partial charge in [0.25, 0.3) is 0 Å². The summed E-state index contributed by atoms with van der Waals surface area (Å²) >= 11 is 0. The number of aliphatic hydroxyl groups is 1. The van der Waals surface area contributed by atoms with Gasteiger partial charge in [0.05, 0.1) is 17.6 Å². The molecule has 1 aromatic heterocycles. The number of hydrogen-bond acceptors (Lipinski definition) is 3. The van der Waals surface area contributed by atoms with Crippen LogP contribution in [0.15, 0.2) is 48.5 Å². The second kappa shape index (κ2) is 8.11. The molecular formula is C21H25ClN2O2. The first-order chi connectivity index (χ1) is 12.2. The van der Waals surface area contributed by atoms with Gasteiger partial charge in [-0.15, -0.1) is 12.4 Å². The van der Waals surface area contributed by atoms with Crippen LogP contribution in [0.25, 0.3) is 11.0 Å². The van der Waals surface area contributed by atoms with Crippen molar-refractivity contribution in [3.63, 3.8) is 0 Å². The number of aryl methyl sites for hydroxylation is 1. The van der Waals surface area contributed by atoms with E-state index in [1.54, 1.807) is 0 Å². The van der Waals surface area contributed by atoms with Crippen LogP contribution in [0.4, 0.5) is 0 Å². The Bertz CT molecular complexity index is 873. The second-order valence-electron chi connectivity index (χ2n) is 6.98. The molecule has 1 unspecified atom stereocenters. The molecule has 1 N–H and O–H groups in total. The number of nitrogens with zero attached hydrogens (tertiary/aromatic N) is 2. The number of aromatic nitrogens is 2. The first kappa shape index (κ1) is 18.7. The monoisotopic (exact) mass is 372 g/mol. The predicted molar refractivity (Wildman–Crippen MR) is 106 cm³/mol. The molecule has 0 spiro atoms. The first-order valence-corrected chi connectivity index (χ1v) is 9.03. The first-order valence-electron chi connectivity index (χ1n) is 9.03. The molecular weight excluding hydrogens is 348 g/mol. The molecule has 1 saturated carbocycles. The standard InChI is InChI=1S/C21H24N2O2.ClH/c1-15-6-4-9-18(12-15)25-14-17(24)13-23-20-11-3-2-10-19(20)22-21(23)16-7-5-8-16;/h2-4,6,9-12,16-17,24H,5,7-8,13-14H2,1H3;1H. The summed E-state index contributed by atoms with van der Waals surface area (Å²) in [6.07, 6.45) is 3.09. The average molecular weight is 373 g/mol. The number of imidazole rings is 1. The van der Waals surface area contributed by atoms with Crippen molar-refractivity contribution in [2.75, 3.05) is 6.61 Å². The molecule has 1 heterocycles. The minimum Gasteiger partial charge on any atom is -0.491 e. The molecule has 1 aliphatic rings. The Morgan fingerprint density at radius 3 is 2.73 bits per heavy atom. The zero-order chi connectivity index (χ0) is 17.2. The van der Waals surface area contributed by atoms with Crippen LogP contribution in [-0.2, 0) is 6.54 Å². The van der Waals surface area contributed by atoms with Gasteiger partial charge in [-0.3, -0.25) is 0 Å². The summed E-state index contributed by atoms with van der Waals surface area (Å²) in [5.74, 6) is 2.44. The summed E-state index contributed by atoms with van der Waals surface area (Å²) < 4.78 is 7.95. The van der Waals surface area contributed by atoms with Crippen molar-refractivity contribution in [1.29, 1.82) is 0 Å². The SMILES string of the molecule is Cc1cccc(OCC(O)Cn2c(C3CCC3)nc3ccccc32)c1.Cl. The summed E-state index contributed by atoms with van der Waals surface area (Å²) in [7, 11) is 0. The van der Waals surface area contributed by atoms with E-state index in [-0.39, 0.29) is 19.0 Å². The van der Waals surface area contributed by atoms with Gasteiger partial charge in [-0.2, -0.15) is 0 Å². The number of halogens is 1. The van der Waals surface area contributed by atoms with E-state index in [1.165, 1.54) is 19.3 Å². The normalized spacial score (nSPS) is 15.3. The number of benzene rings is 2. The van der Waals surface area contributed by atoms with Gasteiger partial charge in [0.1, 0.15) is 24.3 Å². The van der Waals surface area contributed by atoms with Gasteiger partial charge in [-0.05, 0) is 49.6 Å².